The van der Waals surface area contributed by atoms with Gasteiger partial charge < -0.3 is 15.6 Å². The first kappa shape index (κ1) is 14.9. The molecule has 0 fully saturated rings. The van der Waals surface area contributed by atoms with E-state index >= 15 is 0 Å². The molecule has 0 aliphatic rings. The molecule has 0 aromatic heterocycles. The fraction of sp³-hybridized carbons (Fsp3) is 0.571. The van der Waals surface area contributed by atoms with Crippen LogP contribution in [-0.2, 0) is 0 Å². The normalized spacial score (nSPS) is 14.6. The van der Waals surface area contributed by atoms with Crippen molar-refractivity contribution >= 4 is 0 Å². The summed E-state index contributed by atoms with van der Waals surface area (Å²) in [7, 11) is 1.46. The summed E-state index contributed by atoms with van der Waals surface area (Å²) in [6.07, 6.45) is 0.639. The Hall–Kier alpha value is -1.13. The van der Waals surface area contributed by atoms with Crippen molar-refractivity contribution in [2.75, 3.05) is 7.11 Å². The molecule has 0 amide bonds. The Bertz CT molecular complexity index is 382. The number of ether oxygens (including phenoxy) is 1. The second-order valence-electron chi connectivity index (χ2n) is 4.92. The van der Waals surface area contributed by atoms with Crippen LogP contribution in [0.1, 0.15) is 38.3 Å². The van der Waals surface area contributed by atoms with E-state index in [0.717, 1.165) is 6.42 Å². The van der Waals surface area contributed by atoms with Gasteiger partial charge in [-0.25, -0.2) is 4.39 Å². The molecule has 0 unspecified atom stereocenters. The fourth-order valence-electron chi connectivity index (χ4n) is 1.89. The van der Waals surface area contributed by atoms with E-state index in [0.29, 0.717) is 18.1 Å². The van der Waals surface area contributed by atoms with E-state index in [1.807, 2.05) is 0 Å². The highest BCUT2D eigenvalue weighted by Crippen LogP contribution is 2.29. The summed E-state index contributed by atoms with van der Waals surface area (Å²) >= 11 is 0. The van der Waals surface area contributed by atoms with Crippen LogP contribution in [0.2, 0.25) is 0 Å². The molecule has 102 valence electrons. The van der Waals surface area contributed by atoms with Gasteiger partial charge in [-0.3, -0.25) is 0 Å². The van der Waals surface area contributed by atoms with Crippen LogP contribution in [-0.4, -0.2) is 18.3 Å². The fourth-order valence-corrected chi connectivity index (χ4v) is 1.89. The Balaban J connectivity index is 2.85. The van der Waals surface area contributed by atoms with Gasteiger partial charge in [0.15, 0.2) is 0 Å². The quantitative estimate of drug-likeness (QED) is 0.821. The number of hydrogen-bond donors (Lipinski definition) is 2. The van der Waals surface area contributed by atoms with Gasteiger partial charge in [-0.05, 0) is 30.9 Å². The number of nitrogens with two attached hydrogens (primary N) is 1. The molecule has 0 saturated heterocycles. The molecule has 3 N–H and O–H groups in total. The molecule has 0 aliphatic carbocycles. The van der Waals surface area contributed by atoms with Gasteiger partial charge in [0.1, 0.15) is 11.6 Å². The summed E-state index contributed by atoms with van der Waals surface area (Å²) in [5.41, 5.74) is 6.18. The van der Waals surface area contributed by atoms with Gasteiger partial charge in [0.2, 0.25) is 0 Å². The predicted molar refractivity (Wildman–Crippen MR) is 70.0 cm³/mol. The Labute approximate surface area is 108 Å². The molecular formula is C14H22FNO2. The summed E-state index contributed by atoms with van der Waals surface area (Å²) in [6, 6.07) is 3.77. The molecule has 1 rings (SSSR count). The third-order valence-corrected chi connectivity index (χ3v) is 3.02. The maximum atomic E-state index is 13.8. The van der Waals surface area contributed by atoms with Crippen molar-refractivity contribution in [2.24, 2.45) is 11.7 Å². The van der Waals surface area contributed by atoms with Crippen LogP contribution in [0.25, 0.3) is 0 Å². The highest BCUT2D eigenvalue weighted by atomic mass is 19.1. The second-order valence-corrected chi connectivity index (χ2v) is 4.92. The van der Waals surface area contributed by atoms with E-state index in [4.69, 9.17) is 10.5 Å². The van der Waals surface area contributed by atoms with E-state index < -0.39 is 18.0 Å². The van der Waals surface area contributed by atoms with Crippen LogP contribution < -0.4 is 10.5 Å². The van der Waals surface area contributed by atoms with Gasteiger partial charge in [0.25, 0.3) is 0 Å². The number of aliphatic hydroxyl groups excluding tert-OH is 1. The Morgan fingerprint density at radius 2 is 2.00 bits per heavy atom. The number of rotatable bonds is 6. The van der Waals surface area contributed by atoms with Gasteiger partial charge in [-0.15, -0.1) is 0 Å². The molecular weight excluding hydrogens is 233 g/mol. The third kappa shape index (κ3) is 3.68. The minimum Gasteiger partial charge on any atom is -0.496 e. The lowest BCUT2D eigenvalue weighted by Gasteiger charge is -2.22. The number of hydrogen-bond acceptors (Lipinski definition) is 3. The molecule has 0 aliphatic heterocycles. The molecule has 0 heterocycles. The lowest BCUT2D eigenvalue weighted by atomic mass is 9.95. The van der Waals surface area contributed by atoms with Gasteiger partial charge in [-0.1, -0.05) is 19.9 Å². The van der Waals surface area contributed by atoms with Crippen molar-refractivity contribution in [1.29, 1.82) is 0 Å². The van der Waals surface area contributed by atoms with Gasteiger partial charge >= 0.3 is 0 Å². The number of methoxy groups -OCH3 is 1. The smallest absolute Gasteiger partial charge is 0.131 e. The lowest BCUT2D eigenvalue weighted by Crippen LogP contribution is -2.28. The summed E-state index contributed by atoms with van der Waals surface area (Å²) in [5, 5.41) is 10.0. The molecule has 18 heavy (non-hydrogen) atoms. The molecule has 3 nitrogen and oxygen atoms in total. The third-order valence-electron chi connectivity index (χ3n) is 3.02. The summed E-state index contributed by atoms with van der Waals surface area (Å²) in [5.74, 6) is 0.422. The van der Waals surface area contributed by atoms with E-state index in [2.05, 4.69) is 13.8 Å². The first-order chi connectivity index (χ1) is 8.47. The number of benzene rings is 1. The van der Waals surface area contributed by atoms with E-state index in [9.17, 15) is 9.50 Å². The molecule has 0 saturated carbocycles. The molecule has 2 atom stereocenters. The van der Waals surface area contributed by atoms with Crippen LogP contribution in [0.15, 0.2) is 18.2 Å². The maximum absolute atomic E-state index is 13.8. The molecule has 4 heteroatoms. The van der Waals surface area contributed by atoms with Crippen LogP contribution in [0, 0.1) is 11.7 Å². The zero-order valence-corrected chi connectivity index (χ0v) is 11.2. The van der Waals surface area contributed by atoms with Crippen molar-refractivity contribution in [3.8, 4) is 5.75 Å². The van der Waals surface area contributed by atoms with Crippen molar-refractivity contribution < 1.29 is 14.2 Å². The van der Waals surface area contributed by atoms with Crippen LogP contribution in [0.4, 0.5) is 4.39 Å². The van der Waals surface area contributed by atoms with E-state index in [-0.39, 0.29) is 5.56 Å². The Morgan fingerprint density at radius 1 is 1.33 bits per heavy atom. The standard InChI is InChI=1S/C14H22FNO2/c1-9(2)7-8-11(17)14(16)13-10(15)5-4-6-12(13)18-3/h4-6,9,11,14,17H,7-8,16H2,1-3H3/t11-,14-/m0/s1. The molecule has 1 aromatic carbocycles. The molecule has 0 radical (unpaired) electrons. The minimum atomic E-state index is -0.766. The molecule has 0 spiro atoms. The van der Waals surface area contributed by atoms with Crippen molar-refractivity contribution in [2.45, 2.75) is 38.8 Å². The monoisotopic (exact) mass is 255 g/mol. The van der Waals surface area contributed by atoms with Crippen molar-refractivity contribution in [1.82, 2.24) is 0 Å². The molecule has 1 aromatic rings. The highest BCUT2D eigenvalue weighted by Gasteiger charge is 2.23. The summed E-state index contributed by atoms with van der Waals surface area (Å²) in [6.45, 7) is 4.14. The van der Waals surface area contributed by atoms with Crippen LogP contribution in [0.5, 0.6) is 5.75 Å². The Kier molecular flexibility index (Phi) is 5.56. The van der Waals surface area contributed by atoms with Crippen LogP contribution >= 0.6 is 0 Å². The van der Waals surface area contributed by atoms with Crippen LogP contribution in [0.3, 0.4) is 0 Å². The topological polar surface area (TPSA) is 55.5 Å². The van der Waals surface area contributed by atoms with Crippen molar-refractivity contribution in [3.63, 3.8) is 0 Å². The zero-order chi connectivity index (χ0) is 13.7. The summed E-state index contributed by atoms with van der Waals surface area (Å²) < 4.78 is 18.9. The SMILES string of the molecule is COc1cccc(F)c1[C@@H](N)[C@@H](O)CCC(C)C. The number of aliphatic hydroxyl groups is 1. The highest BCUT2D eigenvalue weighted by molar-refractivity contribution is 5.37. The average Bonchev–Trinajstić information content (AvgIpc) is 2.34. The second kappa shape index (κ2) is 6.71. The first-order valence-corrected chi connectivity index (χ1v) is 6.23. The zero-order valence-electron chi connectivity index (χ0n) is 11.2. The number of halogens is 1. The van der Waals surface area contributed by atoms with E-state index in [1.165, 1.54) is 13.2 Å². The minimum absolute atomic E-state index is 0.247. The van der Waals surface area contributed by atoms with Gasteiger partial charge in [0.05, 0.1) is 19.3 Å². The van der Waals surface area contributed by atoms with E-state index in [1.54, 1.807) is 12.1 Å². The Morgan fingerprint density at radius 3 is 2.56 bits per heavy atom. The molecule has 0 bridgehead atoms. The first-order valence-electron chi connectivity index (χ1n) is 6.23. The predicted octanol–water partition coefficient (Wildman–Crippen LogP) is 2.63. The lowest BCUT2D eigenvalue weighted by molar-refractivity contribution is 0.125. The van der Waals surface area contributed by atoms with Crippen molar-refractivity contribution in [3.05, 3.63) is 29.6 Å². The average molecular weight is 255 g/mol. The summed E-state index contributed by atoms with van der Waals surface area (Å²) in [4.78, 5) is 0. The largest absolute Gasteiger partial charge is 0.496 e. The maximum Gasteiger partial charge on any atom is 0.131 e. The van der Waals surface area contributed by atoms with Gasteiger partial charge in [0, 0.05) is 5.56 Å². The van der Waals surface area contributed by atoms with Gasteiger partial charge in [-0.2, -0.15) is 0 Å².